The van der Waals surface area contributed by atoms with Crippen LogP contribution >= 0.6 is 0 Å². The highest BCUT2D eigenvalue weighted by Crippen LogP contribution is 2.11. The maximum absolute atomic E-state index is 12.8. The van der Waals surface area contributed by atoms with E-state index in [4.69, 9.17) is 4.74 Å². The molecule has 0 aliphatic rings. The van der Waals surface area contributed by atoms with Crippen LogP contribution in [0.2, 0.25) is 0 Å². The Morgan fingerprint density at radius 3 is 2.36 bits per heavy atom. The SMILES string of the molecule is Cc1ccc(C(=O)COC(=O)CNC(=O)c2ccc(F)cc2)c(C)c1. The molecule has 0 aliphatic heterocycles. The van der Waals surface area contributed by atoms with Gasteiger partial charge in [-0.1, -0.05) is 23.8 Å². The van der Waals surface area contributed by atoms with Crippen molar-refractivity contribution in [1.29, 1.82) is 0 Å². The lowest BCUT2D eigenvalue weighted by atomic mass is 10.0. The van der Waals surface area contributed by atoms with Crippen molar-refractivity contribution >= 4 is 17.7 Å². The number of aryl methyl sites for hydroxylation is 2. The van der Waals surface area contributed by atoms with Crippen molar-refractivity contribution in [3.05, 3.63) is 70.5 Å². The van der Waals surface area contributed by atoms with Crippen LogP contribution in [0, 0.1) is 19.7 Å². The standard InChI is InChI=1S/C19H18FNO4/c1-12-3-8-16(13(2)9-12)17(22)11-25-18(23)10-21-19(24)14-4-6-15(20)7-5-14/h3-9H,10-11H2,1-2H3,(H,21,24). The number of hydrogen-bond donors (Lipinski definition) is 1. The molecule has 0 spiro atoms. The molecule has 0 radical (unpaired) electrons. The molecule has 0 fully saturated rings. The molecule has 2 aromatic carbocycles. The Morgan fingerprint density at radius 2 is 1.72 bits per heavy atom. The molecule has 0 aromatic heterocycles. The van der Waals surface area contributed by atoms with E-state index in [0.29, 0.717) is 5.56 Å². The lowest BCUT2D eigenvalue weighted by Gasteiger charge is -2.08. The van der Waals surface area contributed by atoms with Gasteiger partial charge in [0.05, 0.1) is 0 Å². The first kappa shape index (κ1) is 18.3. The van der Waals surface area contributed by atoms with E-state index in [-0.39, 0.29) is 17.9 Å². The third-order valence-corrected chi connectivity index (χ3v) is 3.55. The Balaban J connectivity index is 1.81. The van der Waals surface area contributed by atoms with E-state index < -0.39 is 24.3 Å². The number of amides is 1. The second-order valence-electron chi connectivity index (χ2n) is 5.59. The molecule has 1 amide bonds. The Hall–Kier alpha value is -3.02. The fraction of sp³-hybridized carbons (Fsp3) is 0.211. The van der Waals surface area contributed by atoms with Gasteiger partial charge < -0.3 is 10.1 Å². The van der Waals surface area contributed by atoms with Gasteiger partial charge in [0.25, 0.3) is 5.91 Å². The smallest absolute Gasteiger partial charge is 0.325 e. The van der Waals surface area contributed by atoms with Crippen LogP contribution in [0.15, 0.2) is 42.5 Å². The average Bonchev–Trinajstić information content (AvgIpc) is 2.58. The summed E-state index contributed by atoms with van der Waals surface area (Å²) in [4.78, 5) is 35.5. The molecular formula is C19H18FNO4. The van der Waals surface area contributed by atoms with E-state index in [9.17, 15) is 18.8 Å². The number of nitrogens with one attached hydrogen (secondary N) is 1. The zero-order valence-electron chi connectivity index (χ0n) is 14.0. The van der Waals surface area contributed by atoms with Gasteiger partial charge in [0, 0.05) is 11.1 Å². The maximum Gasteiger partial charge on any atom is 0.325 e. The second-order valence-corrected chi connectivity index (χ2v) is 5.59. The number of Topliss-reactive ketones (excluding diaryl/α,β-unsaturated/α-hetero) is 1. The van der Waals surface area contributed by atoms with Crippen LogP contribution < -0.4 is 5.32 Å². The number of halogens is 1. The highest BCUT2D eigenvalue weighted by Gasteiger charge is 2.13. The molecule has 1 N–H and O–H groups in total. The highest BCUT2D eigenvalue weighted by molar-refractivity contribution is 5.99. The summed E-state index contributed by atoms with van der Waals surface area (Å²) in [7, 11) is 0. The number of benzene rings is 2. The predicted octanol–water partition coefficient (Wildman–Crippen LogP) is 2.60. The topological polar surface area (TPSA) is 72.5 Å². The van der Waals surface area contributed by atoms with Crippen molar-refractivity contribution in [3.63, 3.8) is 0 Å². The van der Waals surface area contributed by atoms with E-state index >= 15 is 0 Å². The second kappa shape index (κ2) is 8.19. The molecule has 5 nitrogen and oxygen atoms in total. The van der Waals surface area contributed by atoms with E-state index in [2.05, 4.69) is 5.32 Å². The van der Waals surface area contributed by atoms with Crippen molar-refractivity contribution in [2.75, 3.05) is 13.2 Å². The summed E-state index contributed by atoms with van der Waals surface area (Å²) < 4.78 is 17.7. The first-order valence-electron chi connectivity index (χ1n) is 7.66. The Labute approximate surface area is 144 Å². The van der Waals surface area contributed by atoms with Crippen molar-refractivity contribution in [2.45, 2.75) is 13.8 Å². The summed E-state index contributed by atoms with van der Waals surface area (Å²) in [5.74, 6) is -2.03. The van der Waals surface area contributed by atoms with Crippen LogP contribution in [-0.4, -0.2) is 30.8 Å². The number of hydrogen-bond acceptors (Lipinski definition) is 4. The van der Waals surface area contributed by atoms with Crippen molar-refractivity contribution in [1.82, 2.24) is 5.32 Å². The molecule has 2 aromatic rings. The minimum Gasteiger partial charge on any atom is -0.456 e. The summed E-state index contributed by atoms with van der Waals surface area (Å²) in [6, 6.07) is 10.3. The molecule has 0 unspecified atom stereocenters. The summed E-state index contributed by atoms with van der Waals surface area (Å²) >= 11 is 0. The number of rotatable bonds is 6. The third kappa shape index (κ3) is 5.24. The third-order valence-electron chi connectivity index (χ3n) is 3.55. The minimum atomic E-state index is -0.728. The zero-order valence-corrected chi connectivity index (χ0v) is 14.0. The van der Waals surface area contributed by atoms with Crippen molar-refractivity contribution < 1.29 is 23.5 Å². The number of ketones is 1. The largest absolute Gasteiger partial charge is 0.456 e. The Morgan fingerprint density at radius 1 is 1.04 bits per heavy atom. The lowest BCUT2D eigenvalue weighted by Crippen LogP contribution is -2.31. The molecule has 6 heteroatoms. The molecule has 25 heavy (non-hydrogen) atoms. The molecule has 0 bridgehead atoms. The maximum atomic E-state index is 12.8. The van der Waals surface area contributed by atoms with Gasteiger partial charge in [0.1, 0.15) is 12.4 Å². The molecular weight excluding hydrogens is 325 g/mol. The fourth-order valence-corrected chi connectivity index (χ4v) is 2.26. The van der Waals surface area contributed by atoms with Gasteiger partial charge in [0.15, 0.2) is 6.61 Å². The van der Waals surface area contributed by atoms with Gasteiger partial charge in [-0.15, -0.1) is 0 Å². The quantitative estimate of drug-likeness (QED) is 0.646. The lowest BCUT2D eigenvalue weighted by molar-refractivity contribution is -0.141. The first-order valence-corrected chi connectivity index (χ1v) is 7.66. The number of esters is 1. The normalized spacial score (nSPS) is 10.2. The summed E-state index contributed by atoms with van der Waals surface area (Å²) in [6.45, 7) is 2.96. The molecule has 2 rings (SSSR count). The van der Waals surface area contributed by atoms with Gasteiger partial charge in [-0.25, -0.2) is 4.39 Å². The van der Waals surface area contributed by atoms with Crippen LogP contribution in [-0.2, 0) is 9.53 Å². The molecule has 0 saturated carbocycles. The van der Waals surface area contributed by atoms with Crippen LogP contribution in [0.25, 0.3) is 0 Å². The monoisotopic (exact) mass is 343 g/mol. The van der Waals surface area contributed by atoms with Gasteiger partial charge in [-0.3, -0.25) is 14.4 Å². The van der Waals surface area contributed by atoms with Crippen molar-refractivity contribution in [2.24, 2.45) is 0 Å². The number of carbonyl (C=O) groups is 3. The fourth-order valence-electron chi connectivity index (χ4n) is 2.26. The minimum absolute atomic E-state index is 0.223. The van der Waals surface area contributed by atoms with E-state index in [1.165, 1.54) is 12.1 Å². The average molecular weight is 343 g/mol. The van der Waals surface area contributed by atoms with Crippen LogP contribution in [0.3, 0.4) is 0 Å². The Kier molecular flexibility index (Phi) is 6.00. The molecule has 0 saturated heterocycles. The van der Waals surface area contributed by atoms with E-state index in [0.717, 1.165) is 23.3 Å². The van der Waals surface area contributed by atoms with Crippen LogP contribution in [0.5, 0.6) is 0 Å². The van der Waals surface area contributed by atoms with Gasteiger partial charge in [-0.05, 0) is 43.7 Å². The number of carbonyl (C=O) groups excluding carboxylic acids is 3. The first-order chi connectivity index (χ1) is 11.9. The van der Waals surface area contributed by atoms with E-state index in [1.807, 2.05) is 26.0 Å². The van der Waals surface area contributed by atoms with Crippen LogP contribution in [0.1, 0.15) is 31.8 Å². The van der Waals surface area contributed by atoms with Gasteiger partial charge >= 0.3 is 5.97 Å². The summed E-state index contributed by atoms with van der Waals surface area (Å²) in [5.41, 5.74) is 2.56. The van der Waals surface area contributed by atoms with Crippen LogP contribution in [0.4, 0.5) is 4.39 Å². The summed E-state index contributed by atoms with van der Waals surface area (Å²) in [6.07, 6.45) is 0. The highest BCUT2D eigenvalue weighted by atomic mass is 19.1. The zero-order chi connectivity index (χ0) is 18.4. The summed E-state index contributed by atoms with van der Waals surface area (Å²) in [5, 5.41) is 2.35. The van der Waals surface area contributed by atoms with E-state index in [1.54, 1.807) is 6.07 Å². The Bertz CT molecular complexity index is 800. The molecule has 0 heterocycles. The molecule has 0 atom stereocenters. The predicted molar refractivity (Wildman–Crippen MR) is 89.9 cm³/mol. The van der Waals surface area contributed by atoms with Crippen molar-refractivity contribution in [3.8, 4) is 0 Å². The number of ether oxygens (including phenoxy) is 1. The molecule has 130 valence electrons. The van der Waals surface area contributed by atoms with Gasteiger partial charge in [0.2, 0.25) is 5.78 Å². The molecule has 0 aliphatic carbocycles. The van der Waals surface area contributed by atoms with Gasteiger partial charge in [-0.2, -0.15) is 0 Å².